The SMILES string of the molecule is COc1ccc(CCBr)cc1CN(C)C. The van der Waals surface area contributed by atoms with Crippen LogP contribution in [0.2, 0.25) is 0 Å². The van der Waals surface area contributed by atoms with E-state index in [2.05, 4.69) is 53.1 Å². The predicted molar refractivity (Wildman–Crippen MR) is 67.9 cm³/mol. The summed E-state index contributed by atoms with van der Waals surface area (Å²) in [6.07, 6.45) is 1.06. The fourth-order valence-electron chi connectivity index (χ4n) is 1.56. The van der Waals surface area contributed by atoms with E-state index in [4.69, 9.17) is 4.74 Å². The van der Waals surface area contributed by atoms with Crippen LogP contribution in [0.4, 0.5) is 0 Å². The van der Waals surface area contributed by atoms with Crippen LogP contribution in [0.1, 0.15) is 11.1 Å². The Morgan fingerprint density at radius 1 is 1.33 bits per heavy atom. The van der Waals surface area contributed by atoms with Crippen LogP contribution in [0.15, 0.2) is 18.2 Å². The number of benzene rings is 1. The van der Waals surface area contributed by atoms with Gasteiger partial charge < -0.3 is 9.64 Å². The molecule has 15 heavy (non-hydrogen) atoms. The van der Waals surface area contributed by atoms with E-state index in [0.717, 1.165) is 24.0 Å². The van der Waals surface area contributed by atoms with Crippen molar-refractivity contribution in [3.05, 3.63) is 29.3 Å². The van der Waals surface area contributed by atoms with Crippen LogP contribution in [-0.4, -0.2) is 31.4 Å². The maximum Gasteiger partial charge on any atom is 0.123 e. The van der Waals surface area contributed by atoms with Crippen molar-refractivity contribution in [3.8, 4) is 5.75 Å². The van der Waals surface area contributed by atoms with Gasteiger partial charge in [-0.25, -0.2) is 0 Å². The largest absolute Gasteiger partial charge is 0.496 e. The van der Waals surface area contributed by atoms with Crippen molar-refractivity contribution in [3.63, 3.8) is 0 Å². The number of ether oxygens (including phenoxy) is 1. The molecule has 1 rings (SSSR count). The average Bonchev–Trinajstić information content (AvgIpc) is 2.18. The normalized spacial score (nSPS) is 10.7. The molecule has 0 heterocycles. The molecular weight excluding hydrogens is 254 g/mol. The number of aryl methyl sites for hydroxylation is 1. The number of methoxy groups -OCH3 is 1. The van der Waals surface area contributed by atoms with E-state index in [1.165, 1.54) is 11.1 Å². The average molecular weight is 272 g/mol. The van der Waals surface area contributed by atoms with Crippen molar-refractivity contribution in [1.82, 2.24) is 4.90 Å². The van der Waals surface area contributed by atoms with Gasteiger partial charge in [-0.15, -0.1) is 0 Å². The van der Waals surface area contributed by atoms with Crippen LogP contribution in [0.5, 0.6) is 5.75 Å². The Bertz CT molecular complexity index is 312. The monoisotopic (exact) mass is 271 g/mol. The van der Waals surface area contributed by atoms with Gasteiger partial charge in [0.1, 0.15) is 5.75 Å². The summed E-state index contributed by atoms with van der Waals surface area (Å²) >= 11 is 3.46. The highest BCUT2D eigenvalue weighted by atomic mass is 79.9. The lowest BCUT2D eigenvalue weighted by Crippen LogP contribution is -2.11. The molecule has 84 valence electrons. The highest BCUT2D eigenvalue weighted by molar-refractivity contribution is 9.09. The van der Waals surface area contributed by atoms with E-state index < -0.39 is 0 Å². The Morgan fingerprint density at radius 3 is 2.60 bits per heavy atom. The van der Waals surface area contributed by atoms with Crippen molar-refractivity contribution in [2.24, 2.45) is 0 Å². The van der Waals surface area contributed by atoms with E-state index in [-0.39, 0.29) is 0 Å². The zero-order chi connectivity index (χ0) is 11.3. The first kappa shape index (κ1) is 12.5. The van der Waals surface area contributed by atoms with Gasteiger partial charge in [0.15, 0.2) is 0 Å². The predicted octanol–water partition coefficient (Wildman–Crippen LogP) is 2.69. The lowest BCUT2D eigenvalue weighted by molar-refractivity contribution is 0.371. The molecule has 1 aromatic carbocycles. The fourth-order valence-corrected chi connectivity index (χ4v) is 2.02. The van der Waals surface area contributed by atoms with E-state index in [1.807, 2.05) is 0 Å². The maximum atomic E-state index is 5.34. The van der Waals surface area contributed by atoms with Crippen LogP contribution < -0.4 is 4.74 Å². The third-order valence-corrected chi connectivity index (χ3v) is 2.61. The van der Waals surface area contributed by atoms with Crippen molar-refractivity contribution in [1.29, 1.82) is 0 Å². The van der Waals surface area contributed by atoms with Crippen molar-refractivity contribution in [2.75, 3.05) is 26.5 Å². The summed E-state index contributed by atoms with van der Waals surface area (Å²) in [5, 5.41) is 1.00. The molecule has 3 heteroatoms. The lowest BCUT2D eigenvalue weighted by atomic mass is 10.1. The van der Waals surface area contributed by atoms with E-state index in [9.17, 15) is 0 Å². The summed E-state index contributed by atoms with van der Waals surface area (Å²) in [6.45, 7) is 0.916. The highest BCUT2D eigenvalue weighted by Gasteiger charge is 2.05. The van der Waals surface area contributed by atoms with Crippen molar-refractivity contribution in [2.45, 2.75) is 13.0 Å². The van der Waals surface area contributed by atoms with Gasteiger partial charge in [-0.1, -0.05) is 28.1 Å². The van der Waals surface area contributed by atoms with Gasteiger partial charge in [-0.3, -0.25) is 0 Å². The minimum Gasteiger partial charge on any atom is -0.496 e. The zero-order valence-corrected chi connectivity index (χ0v) is 11.2. The minimum atomic E-state index is 0.916. The highest BCUT2D eigenvalue weighted by Crippen LogP contribution is 2.21. The van der Waals surface area contributed by atoms with Gasteiger partial charge in [0.25, 0.3) is 0 Å². The molecule has 1 aromatic rings. The Morgan fingerprint density at radius 2 is 2.07 bits per heavy atom. The zero-order valence-electron chi connectivity index (χ0n) is 9.59. The molecular formula is C12H18BrNO. The molecule has 2 nitrogen and oxygen atoms in total. The lowest BCUT2D eigenvalue weighted by Gasteiger charge is -2.14. The van der Waals surface area contributed by atoms with Gasteiger partial charge in [0.2, 0.25) is 0 Å². The summed E-state index contributed by atoms with van der Waals surface area (Å²) in [6, 6.07) is 6.40. The van der Waals surface area contributed by atoms with Crippen LogP contribution in [0.25, 0.3) is 0 Å². The van der Waals surface area contributed by atoms with Crippen molar-refractivity contribution >= 4 is 15.9 Å². The number of hydrogen-bond donors (Lipinski definition) is 0. The molecule has 0 radical (unpaired) electrons. The molecule has 0 spiro atoms. The Kier molecular flexibility index (Phi) is 5.12. The van der Waals surface area contributed by atoms with Gasteiger partial charge in [0, 0.05) is 17.4 Å². The first-order valence-corrected chi connectivity index (χ1v) is 6.16. The van der Waals surface area contributed by atoms with Gasteiger partial charge >= 0.3 is 0 Å². The summed E-state index contributed by atoms with van der Waals surface area (Å²) in [7, 11) is 5.85. The second kappa shape index (κ2) is 6.13. The van der Waals surface area contributed by atoms with Gasteiger partial charge in [0.05, 0.1) is 7.11 Å². The number of halogens is 1. The summed E-state index contributed by atoms with van der Waals surface area (Å²) < 4.78 is 5.34. The number of alkyl halides is 1. The Hall–Kier alpha value is -0.540. The fraction of sp³-hybridized carbons (Fsp3) is 0.500. The second-order valence-electron chi connectivity index (χ2n) is 3.82. The third kappa shape index (κ3) is 3.84. The molecule has 0 aliphatic rings. The van der Waals surface area contributed by atoms with E-state index in [0.29, 0.717) is 0 Å². The van der Waals surface area contributed by atoms with Crippen LogP contribution >= 0.6 is 15.9 Å². The molecule has 0 atom stereocenters. The molecule has 0 N–H and O–H groups in total. The first-order valence-electron chi connectivity index (χ1n) is 5.04. The van der Waals surface area contributed by atoms with Crippen LogP contribution in [0.3, 0.4) is 0 Å². The summed E-state index contributed by atoms with van der Waals surface area (Å²) in [4.78, 5) is 2.15. The molecule has 0 bridgehead atoms. The molecule has 0 saturated carbocycles. The van der Waals surface area contributed by atoms with E-state index in [1.54, 1.807) is 7.11 Å². The molecule has 0 aliphatic heterocycles. The summed E-state index contributed by atoms with van der Waals surface area (Å²) in [5.74, 6) is 0.974. The third-order valence-electron chi connectivity index (χ3n) is 2.21. The van der Waals surface area contributed by atoms with Gasteiger partial charge in [-0.05, 0) is 32.1 Å². The molecule has 0 aromatic heterocycles. The topological polar surface area (TPSA) is 12.5 Å². The van der Waals surface area contributed by atoms with Crippen LogP contribution in [0, 0.1) is 0 Å². The molecule has 0 unspecified atom stereocenters. The minimum absolute atomic E-state index is 0.916. The number of hydrogen-bond acceptors (Lipinski definition) is 2. The second-order valence-corrected chi connectivity index (χ2v) is 4.62. The van der Waals surface area contributed by atoms with Gasteiger partial charge in [-0.2, -0.15) is 0 Å². The molecule has 0 saturated heterocycles. The smallest absolute Gasteiger partial charge is 0.123 e. The molecule has 0 aliphatic carbocycles. The number of nitrogens with zero attached hydrogens (tertiary/aromatic N) is 1. The Labute approximate surface area is 100 Å². The summed E-state index contributed by atoms with van der Waals surface area (Å²) in [5.41, 5.74) is 2.60. The molecule has 0 fully saturated rings. The maximum absolute atomic E-state index is 5.34. The first-order chi connectivity index (χ1) is 7.17. The van der Waals surface area contributed by atoms with Crippen LogP contribution in [-0.2, 0) is 13.0 Å². The Balaban J connectivity index is 2.91. The van der Waals surface area contributed by atoms with E-state index >= 15 is 0 Å². The quantitative estimate of drug-likeness (QED) is 0.764. The standard InChI is InChI=1S/C12H18BrNO/c1-14(2)9-11-8-10(6-7-13)4-5-12(11)15-3/h4-5,8H,6-7,9H2,1-3H3. The molecule has 0 amide bonds. The number of rotatable bonds is 5. The van der Waals surface area contributed by atoms with Crippen molar-refractivity contribution < 1.29 is 4.74 Å².